The summed E-state index contributed by atoms with van der Waals surface area (Å²) in [6, 6.07) is 14.7. The average molecular weight is 509 g/mol. The summed E-state index contributed by atoms with van der Waals surface area (Å²) in [5, 5.41) is 9.14. The van der Waals surface area contributed by atoms with Crippen LogP contribution >= 0.6 is 0 Å². The van der Waals surface area contributed by atoms with Gasteiger partial charge in [0, 0.05) is 7.11 Å². The summed E-state index contributed by atoms with van der Waals surface area (Å²) in [6.45, 7) is 11.1. The molecule has 0 fully saturated rings. The number of aliphatic hydroxyl groups excluding tert-OH is 1. The number of hydrogen-bond donors (Lipinski definition) is 1. The Morgan fingerprint density at radius 1 is 0.919 bits per heavy atom. The molecule has 2 aromatic rings. The number of aliphatic hydroxyl groups is 1. The minimum Gasteiger partial charge on any atom is -0.461 e. The van der Waals surface area contributed by atoms with E-state index in [-0.39, 0.29) is 31.0 Å². The van der Waals surface area contributed by atoms with Gasteiger partial charge in [-0.2, -0.15) is 0 Å². The maximum absolute atomic E-state index is 12.2. The van der Waals surface area contributed by atoms with E-state index in [1.54, 1.807) is 0 Å². The third-order valence-corrected chi connectivity index (χ3v) is 6.23. The molecule has 0 bridgehead atoms. The van der Waals surface area contributed by atoms with Gasteiger partial charge < -0.3 is 19.3 Å². The van der Waals surface area contributed by atoms with E-state index in [2.05, 4.69) is 45.2 Å². The minimum absolute atomic E-state index is 0.00748. The van der Waals surface area contributed by atoms with Crippen LogP contribution in [0.2, 0.25) is 0 Å². The van der Waals surface area contributed by atoms with Crippen molar-refractivity contribution >= 4 is 11.9 Å². The van der Waals surface area contributed by atoms with E-state index in [0.717, 1.165) is 24.0 Å². The molecule has 0 aliphatic rings. The number of ether oxygens (including phenoxy) is 3. The van der Waals surface area contributed by atoms with E-state index in [9.17, 15) is 9.59 Å². The van der Waals surface area contributed by atoms with Crippen LogP contribution in [0, 0.1) is 0 Å². The van der Waals surface area contributed by atoms with Crippen molar-refractivity contribution in [3.05, 3.63) is 83.5 Å². The van der Waals surface area contributed by atoms with Crippen LogP contribution in [0.3, 0.4) is 0 Å². The summed E-state index contributed by atoms with van der Waals surface area (Å²) in [5.41, 5.74) is 5.98. The standard InChI is InChI=1S/C31H40O6/c1-6-8-9-10-24-11-16-29(25(7-2)17-24)27-14-12-26(13-15-27)28(20-36-30(33)22(3)18-32)21-37-31(34)23(4)19-35-5/h11-17,28,32H,3-4,6-10,18-21H2,1-2,5H3. The molecule has 1 N–H and O–H groups in total. The van der Waals surface area contributed by atoms with Crippen molar-refractivity contribution in [1.29, 1.82) is 0 Å². The third-order valence-electron chi connectivity index (χ3n) is 6.23. The van der Waals surface area contributed by atoms with Gasteiger partial charge in [0.15, 0.2) is 0 Å². The number of carbonyl (C=O) groups excluding carboxylic acids is 2. The Hall–Kier alpha value is -3.22. The van der Waals surface area contributed by atoms with E-state index in [0.29, 0.717) is 0 Å². The van der Waals surface area contributed by atoms with Crippen molar-refractivity contribution in [2.45, 2.75) is 51.9 Å². The molecule has 37 heavy (non-hydrogen) atoms. The number of carbonyl (C=O) groups is 2. The number of aryl methyl sites for hydroxylation is 2. The van der Waals surface area contributed by atoms with Gasteiger partial charge in [0.1, 0.15) is 13.2 Å². The lowest BCUT2D eigenvalue weighted by atomic mass is 9.92. The number of benzene rings is 2. The second kappa shape index (κ2) is 15.8. The monoisotopic (exact) mass is 508 g/mol. The van der Waals surface area contributed by atoms with Gasteiger partial charge in [-0.1, -0.05) is 82.3 Å². The Morgan fingerprint density at radius 3 is 2.14 bits per heavy atom. The van der Waals surface area contributed by atoms with Crippen molar-refractivity contribution in [2.75, 3.05) is 33.5 Å². The largest absolute Gasteiger partial charge is 0.461 e. The maximum atomic E-state index is 12.2. The highest BCUT2D eigenvalue weighted by molar-refractivity contribution is 5.88. The zero-order valence-electron chi connectivity index (χ0n) is 22.4. The Labute approximate surface area is 221 Å². The van der Waals surface area contributed by atoms with Gasteiger partial charge in [-0.3, -0.25) is 0 Å². The molecule has 0 aromatic heterocycles. The van der Waals surface area contributed by atoms with Crippen molar-refractivity contribution in [3.63, 3.8) is 0 Å². The van der Waals surface area contributed by atoms with Crippen LogP contribution in [-0.4, -0.2) is 50.6 Å². The molecule has 0 amide bonds. The zero-order chi connectivity index (χ0) is 27.2. The van der Waals surface area contributed by atoms with Gasteiger partial charge in [0.05, 0.1) is 30.3 Å². The minimum atomic E-state index is -0.689. The number of hydrogen-bond acceptors (Lipinski definition) is 6. The number of rotatable bonds is 16. The van der Waals surface area contributed by atoms with Gasteiger partial charge in [-0.15, -0.1) is 0 Å². The van der Waals surface area contributed by atoms with Crippen LogP contribution in [0.5, 0.6) is 0 Å². The molecular formula is C31H40O6. The Morgan fingerprint density at radius 2 is 1.57 bits per heavy atom. The van der Waals surface area contributed by atoms with Crippen LogP contribution in [0.4, 0.5) is 0 Å². The summed E-state index contributed by atoms with van der Waals surface area (Å²) < 4.78 is 15.7. The lowest BCUT2D eigenvalue weighted by Gasteiger charge is -2.19. The first-order valence-electron chi connectivity index (χ1n) is 12.9. The molecule has 0 aliphatic carbocycles. The molecule has 0 radical (unpaired) electrons. The summed E-state index contributed by atoms with van der Waals surface area (Å²) >= 11 is 0. The maximum Gasteiger partial charge on any atom is 0.335 e. The van der Waals surface area contributed by atoms with Crippen LogP contribution in [-0.2, 0) is 36.6 Å². The zero-order valence-corrected chi connectivity index (χ0v) is 22.4. The summed E-state index contributed by atoms with van der Waals surface area (Å²) in [4.78, 5) is 24.3. The van der Waals surface area contributed by atoms with Crippen molar-refractivity contribution < 1.29 is 28.9 Å². The molecule has 1 unspecified atom stereocenters. The highest BCUT2D eigenvalue weighted by Gasteiger charge is 2.19. The Bertz CT molecular complexity index is 1050. The normalized spacial score (nSPS) is 11.6. The van der Waals surface area contributed by atoms with Gasteiger partial charge >= 0.3 is 11.9 Å². The molecule has 0 saturated carbocycles. The van der Waals surface area contributed by atoms with E-state index in [1.807, 2.05) is 24.3 Å². The van der Waals surface area contributed by atoms with Crippen LogP contribution in [0.15, 0.2) is 66.8 Å². The van der Waals surface area contributed by atoms with Gasteiger partial charge in [-0.25, -0.2) is 9.59 Å². The van der Waals surface area contributed by atoms with E-state index in [4.69, 9.17) is 19.3 Å². The fourth-order valence-electron chi connectivity index (χ4n) is 3.99. The summed E-state index contributed by atoms with van der Waals surface area (Å²) in [6.07, 6.45) is 5.69. The second-order valence-electron chi connectivity index (χ2n) is 9.12. The van der Waals surface area contributed by atoms with E-state index < -0.39 is 24.5 Å². The molecule has 1 atom stereocenters. The van der Waals surface area contributed by atoms with Crippen LogP contribution in [0.25, 0.3) is 11.1 Å². The lowest BCUT2D eigenvalue weighted by molar-refractivity contribution is -0.143. The molecular weight excluding hydrogens is 468 g/mol. The number of methoxy groups -OCH3 is 1. The number of esters is 2. The topological polar surface area (TPSA) is 82.1 Å². The average Bonchev–Trinajstić information content (AvgIpc) is 2.92. The highest BCUT2D eigenvalue weighted by atomic mass is 16.5. The van der Waals surface area contributed by atoms with Crippen molar-refractivity contribution in [1.82, 2.24) is 0 Å². The van der Waals surface area contributed by atoms with E-state index >= 15 is 0 Å². The lowest BCUT2D eigenvalue weighted by Crippen LogP contribution is -2.21. The van der Waals surface area contributed by atoms with Gasteiger partial charge in [0.25, 0.3) is 0 Å². The first-order chi connectivity index (χ1) is 17.8. The fourth-order valence-corrected chi connectivity index (χ4v) is 3.99. The highest BCUT2D eigenvalue weighted by Crippen LogP contribution is 2.28. The molecule has 0 aliphatic heterocycles. The van der Waals surface area contributed by atoms with Crippen LogP contribution in [0.1, 0.15) is 55.7 Å². The van der Waals surface area contributed by atoms with Gasteiger partial charge in [-0.05, 0) is 47.1 Å². The fraction of sp³-hybridized carbons (Fsp3) is 0.419. The predicted octanol–water partition coefficient (Wildman–Crippen LogP) is 5.57. The summed E-state index contributed by atoms with van der Waals surface area (Å²) in [7, 11) is 1.47. The number of unbranched alkanes of at least 4 members (excludes halogenated alkanes) is 2. The molecule has 6 nitrogen and oxygen atoms in total. The smallest absolute Gasteiger partial charge is 0.335 e. The first kappa shape index (κ1) is 30.0. The van der Waals surface area contributed by atoms with Crippen LogP contribution < -0.4 is 0 Å². The Kier molecular flexibility index (Phi) is 12.8. The van der Waals surface area contributed by atoms with Crippen molar-refractivity contribution in [2.24, 2.45) is 0 Å². The molecule has 2 rings (SSSR count). The first-order valence-corrected chi connectivity index (χ1v) is 12.9. The second-order valence-corrected chi connectivity index (χ2v) is 9.12. The summed E-state index contributed by atoms with van der Waals surface area (Å²) in [5.74, 6) is -1.66. The Balaban J connectivity index is 2.21. The third kappa shape index (κ3) is 9.30. The predicted molar refractivity (Wildman–Crippen MR) is 146 cm³/mol. The van der Waals surface area contributed by atoms with E-state index in [1.165, 1.54) is 43.1 Å². The molecule has 0 spiro atoms. The molecule has 2 aromatic carbocycles. The molecule has 200 valence electrons. The molecule has 0 saturated heterocycles. The quantitative estimate of drug-likeness (QED) is 0.181. The SMILES string of the molecule is C=C(CO)C(=O)OCC(COC(=O)C(=C)COC)c1ccc(-c2ccc(CCCCC)cc2CC)cc1. The van der Waals surface area contributed by atoms with Crippen molar-refractivity contribution in [3.8, 4) is 11.1 Å². The molecule has 0 heterocycles. The molecule has 6 heteroatoms. The van der Waals surface area contributed by atoms with Gasteiger partial charge in [0.2, 0.25) is 0 Å².